The third kappa shape index (κ3) is 2.45. The minimum Gasteiger partial charge on any atom is -0.381 e. The van der Waals surface area contributed by atoms with E-state index in [-0.39, 0.29) is 11.5 Å². The maximum absolute atomic E-state index is 12.4. The molecule has 0 aliphatic heterocycles. The number of anilines is 1. The van der Waals surface area contributed by atoms with E-state index in [2.05, 4.69) is 4.98 Å². The number of nitrogen functional groups attached to an aromatic ring is 1. The Morgan fingerprint density at radius 2 is 1.75 bits per heavy atom. The molecule has 0 fully saturated rings. The van der Waals surface area contributed by atoms with Gasteiger partial charge in [-0.15, -0.1) is 0 Å². The number of halogens is 2. The van der Waals surface area contributed by atoms with Crippen LogP contribution in [0.25, 0.3) is 0 Å². The molecule has 0 amide bonds. The van der Waals surface area contributed by atoms with E-state index in [0.717, 1.165) is 6.07 Å². The molecule has 0 spiro atoms. The van der Waals surface area contributed by atoms with Crippen molar-refractivity contribution in [2.75, 3.05) is 5.73 Å². The van der Waals surface area contributed by atoms with Crippen molar-refractivity contribution >= 4 is 5.82 Å². The van der Waals surface area contributed by atoms with Gasteiger partial charge in [0.2, 0.25) is 0 Å². The van der Waals surface area contributed by atoms with Crippen molar-refractivity contribution in [1.29, 1.82) is 0 Å². The third-order valence-electron chi connectivity index (χ3n) is 1.13. The van der Waals surface area contributed by atoms with Crippen LogP contribution in [0.1, 0.15) is 19.5 Å². The number of nitrogens with zero attached hydrogens (tertiary/aromatic N) is 1. The van der Waals surface area contributed by atoms with Crippen LogP contribution in [0.3, 0.4) is 0 Å². The maximum atomic E-state index is 12.4. The number of hydrogen-bond donors (Lipinski definition) is 1. The number of pyridine rings is 1. The molecule has 0 saturated carbocycles. The summed E-state index contributed by atoms with van der Waals surface area (Å²) in [5, 5.41) is 0. The molecule has 0 aliphatic rings. The summed E-state index contributed by atoms with van der Waals surface area (Å²) in [6, 6.07) is 0.720. The highest BCUT2D eigenvalue weighted by atomic mass is 19.1. The molecule has 1 rings (SSSR count). The number of aromatic nitrogens is 1. The Morgan fingerprint density at radius 1 is 1.25 bits per heavy atom. The summed E-state index contributed by atoms with van der Waals surface area (Å²) in [5.74, 6) is -1.76. The molecule has 1 aromatic heterocycles. The zero-order valence-corrected chi connectivity index (χ0v) is 7.36. The number of rotatable bonds is 0. The first kappa shape index (κ1) is 10.8. The smallest absolute Gasteiger partial charge is 0.168 e. The van der Waals surface area contributed by atoms with Gasteiger partial charge in [0, 0.05) is 6.07 Å². The Hall–Kier alpha value is -1.19. The van der Waals surface area contributed by atoms with Crippen LogP contribution >= 0.6 is 0 Å². The van der Waals surface area contributed by atoms with Gasteiger partial charge in [-0.05, 0) is 6.92 Å². The fourth-order valence-electron chi connectivity index (χ4n) is 0.577. The Bertz CT molecular complexity index is 211. The normalized spacial score (nSPS) is 8.75. The molecule has 4 heteroatoms. The third-order valence-corrected chi connectivity index (χ3v) is 1.13. The molecular weight excluding hydrogens is 162 g/mol. The summed E-state index contributed by atoms with van der Waals surface area (Å²) in [4.78, 5) is 3.40. The van der Waals surface area contributed by atoms with E-state index in [9.17, 15) is 8.78 Å². The standard InChI is InChI=1S/C6H6F2N2.C2H6/c1-3-4(7)2-5(8)6(9)10-3;1-2/h2H,1H3,(H2,9,10);1-2H3. The average molecular weight is 174 g/mol. The summed E-state index contributed by atoms with van der Waals surface area (Å²) in [6.07, 6.45) is 0. The topological polar surface area (TPSA) is 38.9 Å². The lowest BCUT2D eigenvalue weighted by atomic mass is 10.3. The molecule has 2 N–H and O–H groups in total. The predicted octanol–water partition coefficient (Wildman–Crippen LogP) is 2.28. The quantitative estimate of drug-likeness (QED) is 0.655. The van der Waals surface area contributed by atoms with Crippen LogP contribution < -0.4 is 5.73 Å². The van der Waals surface area contributed by atoms with Gasteiger partial charge in [-0.1, -0.05) is 13.8 Å². The van der Waals surface area contributed by atoms with Gasteiger partial charge >= 0.3 is 0 Å². The van der Waals surface area contributed by atoms with Crippen LogP contribution in [0.15, 0.2) is 6.07 Å². The minimum atomic E-state index is -0.817. The van der Waals surface area contributed by atoms with Crippen molar-refractivity contribution in [3.63, 3.8) is 0 Å². The molecule has 2 nitrogen and oxygen atoms in total. The lowest BCUT2D eigenvalue weighted by Crippen LogP contribution is -1.98. The summed E-state index contributed by atoms with van der Waals surface area (Å²) in [6.45, 7) is 5.42. The molecule has 68 valence electrons. The first-order valence-corrected chi connectivity index (χ1v) is 3.69. The molecule has 0 atom stereocenters. The van der Waals surface area contributed by atoms with Crippen molar-refractivity contribution in [2.24, 2.45) is 0 Å². The Kier molecular flexibility index (Phi) is 4.18. The van der Waals surface area contributed by atoms with Crippen molar-refractivity contribution in [2.45, 2.75) is 20.8 Å². The van der Waals surface area contributed by atoms with Crippen molar-refractivity contribution in [3.05, 3.63) is 23.4 Å². The molecule has 0 unspecified atom stereocenters. The van der Waals surface area contributed by atoms with Gasteiger partial charge in [-0.25, -0.2) is 13.8 Å². The highest BCUT2D eigenvalue weighted by Crippen LogP contribution is 2.10. The molecule has 0 radical (unpaired) electrons. The first-order chi connectivity index (χ1) is 5.61. The highest BCUT2D eigenvalue weighted by Gasteiger charge is 2.04. The summed E-state index contributed by atoms with van der Waals surface area (Å²) < 4.78 is 24.7. The van der Waals surface area contributed by atoms with Gasteiger partial charge in [0.1, 0.15) is 5.82 Å². The Labute approximate surface area is 70.4 Å². The molecule has 12 heavy (non-hydrogen) atoms. The molecular formula is C8H12F2N2. The Morgan fingerprint density at radius 3 is 2.17 bits per heavy atom. The van der Waals surface area contributed by atoms with Gasteiger partial charge < -0.3 is 5.73 Å². The van der Waals surface area contributed by atoms with Crippen LogP contribution in [-0.2, 0) is 0 Å². The number of aryl methyl sites for hydroxylation is 1. The van der Waals surface area contributed by atoms with Crippen LogP contribution in [0.2, 0.25) is 0 Å². The van der Waals surface area contributed by atoms with E-state index in [1.165, 1.54) is 6.92 Å². The van der Waals surface area contributed by atoms with Crippen LogP contribution in [0.5, 0.6) is 0 Å². The lowest BCUT2D eigenvalue weighted by molar-refractivity contribution is 0.569. The van der Waals surface area contributed by atoms with Gasteiger partial charge in [0.25, 0.3) is 0 Å². The average Bonchev–Trinajstić information content (AvgIpc) is 2.05. The van der Waals surface area contributed by atoms with Gasteiger partial charge in [-0.2, -0.15) is 0 Å². The lowest BCUT2D eigenvalue weighted by Gasteiger charge is -1.97. The molecule has 1 aromatic rings. The fraction of sp³-hybridized carbons (Fsp3) is 0.375. The second-order valence-corrected chi connectivity index (χ2v) is 1.92. The minimum absolute atomic E-state index is 0.110. The summed E-state index contributed by atoms with van der Waals surface area (Å²) >= 11 is 0. The van der Waals surface area contributed by atoms with E-state index < -0.39 is 11.6 Å². The highest BCUT2D eigenvalue weighted by molar-refractivity contribution is 5.31. The van der Waals surface area contributed by atoms with Gasteiger partial charge in [0.15, 0.2) is 11.6 Å². The molecule has 1 heterocycles. The van der Waals surface area contributed by atoms with Crippen molar-refractivity contribution < 1.29 is 8.78 Å². The fourth-order valence-corrected chi connectivity index (χ4v) is 0.577. The van der Waals surface area contributed by atoms with Gasteiger partial charge in [0.05, 0.1) is 5.69 Å². The number of nitrogens with two attached hydrogens (primary N) is 1. The predicted molar refractivity (Wildman–Crippen MR) is 44.7 cm³/mol. The van der Waals surface area contributed by atoms with Crippen LogP contribution in [-0.4, -0.2) is 4.98 Å². The molecule has 0 saturated heterocycles. The number of hydrogen-bond acceptors (Lipinski definition) is 2. The molecule has 0 bridgehead atoms. The first-order valence-electron chi connectivity index (χ1n) is 3.69. The zero-order chi connectivity index (χ0) is 9.72. The molecule has 0 aromatic carbocycles. The van der Waals surface area contributed by atoms with Crippen molar-refractivity contribution in [3.8, 4) is 0 Å². The second kappa shape index (κ2) is 4.64. The van der Waals surface area contributed by atoms with Crippen LogP contribution in [0, 0.1) is 18.6 Å². The van der Waals surface area contributed by atoms with E-state index >= 15 is 0 Å². The molecule has 0 aliphatic carbocycles. The largest absolute Gasteiger partial charge is 0.381 e. The maximum Gasteiger partial charge on any atom is 0.168 e. The second-order valence-electron chi connectivity index (χ2n) is 1.92. The zero-order valence-electron chi connectivity index (χ0n) is 7.36. The van der Waals surface area contributed by atoms with E-state index in [4.69, 9.17) is 5.73 Å². The summed E-state index contributed by atoms with van der Waals surface area (Å²) in [5.41, 5.74) is 5.15. The van der Waals surface area contributed by atoms with E-state index in [1.54, 1.807) is 0 Å². The van der Waals surface area contributed by atoms with E-state index in [1.807, 2.05) is 13.8 Å². The van der Waals surface area contributed by atoms with Crippen LogP contribution in [0.4, 0.5) is 14.6 Å². The summed E-state index contributed by atoms with van der Waals surface area (Å²) in [7, 11) is 0. The Balaban J connectivity index is 0.000000561. The van der Waals surface area contributed by atoms with E-state index in [0.29, 0.717) is 0 Å². The van der Waals surface area contributed by atoms with Crippen molar-refractivity contribution in [1.82, 2.24) is 4.98 Å². The SMILES string of the molecule is CC.Cc1nc(N)c(F)cc1F. The van der Waals surface area contributed by atoms with Gasteiger partial charge in [-0.3, -0.25) is 0 Å². The monoisotopic (exact) mass is 174 g/mol.